The normalized spacial score (nSPS) is 16.8. The first-order valence-corrected chi connectivity index (χ1v) is 11.6. The second-order valence-electron chi connectivity index (χ2n) is 9.39. The third-order valence-corrected chi connectivity index (χ3v) is 6.15. The molecule has 1 aromatic heterocycles. The van der Waals surface area contributed by atoms with Crippen LogP contribution in [0.5, 0.6) is 0 Å². The smallest absolute Gasteiger partial charge is 0.247 e. The summed E-state index contributed by atoms with van der Waals surface area (Å²) in [5, 5.41) is 5.01. The number of fused-ring (bicyclic) bond motifs is 1. The predicted molar refractivity (Wildman–Crippen MR) is 129 cm³/mol. The molecule has 2 heterocycles. The Morgan fingerprint density at radius 3 is 2.82 bits per heavy atom. The van der Waals surface area contributed by atoms with Crippen molar-refractivity contribution < 1.29 is 18.7 Å². The van der Waals surface area contributed by atoms with Gasteiger partial charge in [-0.25, -0.2) is 4.39 Å². The number of amides is 2. The molecule has 4 rings (SSSR count). The molecule has 34 heavy (non-hydrogen) atoms. The van der Waals surface area contributed by atoms with Crippen LogP contribution >= 0.6 is 0 Å². The molecule has 1 atom stereocenters. The van der Waals surface area contributed by atoms with E-state index >= 15 is 0 Å². The molecule has 178 valence electrons. The molecule has 1 N–H and O–H groups in total. The van der Waals surface area contributed by atoms with Gasteiger partial charge in [-0.3, -0.25) is 14.6 Å². The molecule has 6 nitrogen and oxygen atoms in total. The molecule has 1 fully saturated rings. The van der Waals surface area contributed by atoms with Crippen LogP contribution in [-0.2, 0) is 27.2 Å². The topological polar surface area (TPSA) is 71.5 Å². The summed E-state index contributed by atoms with van der Waals surface area (Å²) in [6.45, 7) is 5.38. The Balaban J connectivity index is 1.40. The molecule has 0 radical (unpaired) electrons. The monoisotopic (exact) mass is 463 g/mol. The molecule has 2 aromatic carbocycles. The van der Waals surface area contributed by atoms with Gasteiger partial charge in [0, 0.05) is 36.8 Å². The fourth-order valence-corrected chi connectivity index (χ4v) is 4.44. The number of hydrogen-bond donors (Lipinski definition) is 1. The number of pyridine rings is 1. The van der Waals surface area contributed by atoms with Gasteiger partial charge in [0.25, 0.3) is 0 Å². The largest absolute Gasteiger partial charge is 0.379 e. The number of halogens is 1. The summed E-state index contributed by atoms with van der Waals surface area (Å²) in [5.74, 6) is -0.868. The molecular formula is C27H30FN3O3. The van der Waals surface area contributed by atoms with Crippen LogP contribution in [0.4, 0.5) is 4.39 Å². The molecule has 0 spiro atoms. The number of rotatable bonds is 6. The second kappa shape index (κ2) is 10.3. The van der Waals surface area contributed by atoms with Crippen LogP contribution in [0.25, 0.3) is 10.8 Å². The maximum absolute atomic E-state index is 13.9. The summed E-state index contributed by atoms with van der Waals surface area (Å²) in [4.78, 5) is 31.9. The highest BCUT2D eigenvalue weighted by atomic mass is 19.1. The summed E-state index contributed by atoms with van der Waals surface area (Å²) in [6.07, 6.45) is 4.28. The minimum absolute atomic E-state index is 0.119. The van der Waals surface area contributed by atoms with Gasteiger partial charge < -0.3 is 15.0 Å². The number of nitrogens with one attached hydrogen (secondary N) is 1. The fourth-order valence-electron chi connectivity index (χ4n) is 4.44. The van der Waals surface area contributed by atoms with Gasteiger partial charge in [0.15, 0.2) is 0 Å². The molecular weight excluding hydrogens is 433 g/mol. The molecule has 7 heteroatoms. The summed E-state index contributed by atoms with van der Waals surface area (Å²) >= 11 is 0. The van der Waals surface area contributed by atoms with Crippen molar-refractivity contribution in [1.29, 1.82) is 0 Å². The lowest BCUT2D eigenvalue weighted by Crippen LogP contribution is -2.57. The molecule has 0 saturated carbocycles. The SMILES string of the molecule is CC(C)(NC(=O)Cc1ccccc1F)C(=O)N1CCOC[C@H](Cc2ccc3ccncc3c2)C1. The number of carbonyl (C=O) groups excluding carboxylic acids is 2. The Hall–Kier alpha value is -3.32. The van der Waals surface area contributed by atoms with E-state index in [4.69, 9.17) is 4.74 Å². The number of nitrogens with zero attached hydrogens (tertiary/aromatic N) is 2. The molecule has 0 aliphatic carbocycles. The van der Waals surface area contributed by atoms with E-state index in [0.29, 0.717) is 31.9 Å². The number of carbonyl (C=O) groups is 2. The van der Waals surface area contributed by atoms with Crippen molar-refractivity contribution in [1.82, 2.24) is 15.2 Å². The van der Waals surface area contributed by atoms with E-state index in [0.717, 1.165) is 17.2 Å². The average molecular weight is 464 g/mol. The molecule has 1 saturated heterocycles. The Labute approximate surface area is 199 Å². The quantitative estimate of drug-likeness (QED) is 0.607. The summed E-state index contributed by atoms with van der Waals surface area (Å²) in [6, 6.07) is 14.5. The van der Waals surface area contributed by atoms with E-state index < -0.39 is 17.3 Å². The molecule has 1 aliphatic rings. The van der Waals surface area contributed by atoms with Gasteiger partial charge in [0.1, 0.15) is 11.4 Å². The van der Waals surface area contributed by atoms with Gasteiger partial charge in [-0.05, 0) is 55.0 Å². The molecule has 0 bridgehead atoms. The zero-order valence-corrected chi connectivity index (χ0v) is 19.6. The van der Waals surface area contributed by atoms with Crippen LogP contribution in [0, 0.1) is 11.7 Å². The van der Waals surface area contributed by atoms with E-state index in [1.54, 1.807) is 43.1 Å². The van der Waals surface area contributed by atoms with E-state index in [1.165, 1.54) is 11.6 Å². The Morgan fingerprint density at radius 1 is 1.18 bits per heavy atom. The highest BCUT2D eigenvalue weighted by Crippen LogP contribution is 2.21. The van der Waals surface area contributed by atoms with Crippen LogP contribution in [0.2, 0.25) is 0 Å². The van der Waals surface area contributed by atoms with Crippen LogP contribution in [0.3, 0.4) is 0 Å². The van der Waals surface area contributed by atoms with Crippen LogP contribution in [0.15, 0.2) is 60.9 Å². The number of ether oxygens (including phenoxy) is 1. The number of hydrogen-bond acceptors (Lipinski definition) is 4. The van der Waals surface area contributed by atoms with E-state index in [2.05, 4.69) is 28.5 Å². The van der Waals surface area contributed by atoms with Crippen molar-refractivity contribution in [2.75, 3.05) is 26.3 Å². The van der Waals surface area contributed by atoms with Gasteiger partial charge >= 0.3 is 0 Å². The zero-order valence-electron chi connectivity index (χ0n) is 19.6. The Morgan fingerprint density at radius 2 is 2.00 bits per heavy atom. The third kappa shape index (κ3) is 5.78. The zero-order chi connectivity index (χ0) is 24.1. The Bertz CT molecular complexity index is 1180. The van der Waals surface area contributed by atoms with Crippen molar-refractivity contribution in [2.45, 2.75) is 32.2 Å². The third-order valence-electron chi connectivity index (χ3n) is 6.15. The van der Waals surface area contributed by atoms with E-state index in [-0.39, 0.29) is 18.2 Å². The van der Waals surface area contributed by atoms with E-state index in [9.17, 15) is 14.0 Å². The van der Waals surface area contributed by atoms with Gasteiger partial charge in [-0.2, -0.15) is 0 Å². The first-order valence-electron chi connectivity index (χ1n) is 11.6. The van der Waals surface area contributed by atoms with Crippen molar-refractivity contribution in [3.63, 3.8) is 0 Å². The standard InChI is InChI=1S/C27H30FN3O3/c1-27(2,30-25(32)15-22-5-3-4-6-24(22)28)26(33)31-11-12-34-18-20(17-31)13-19-7-8-21-9-10-29-16-23(21)14-19/h3-10,14,16,20H,11-13,15,17-18H2,1-2H3,(H,30,32)/t20-/m1/s1. The van der Waals surface area contributed by atoms with Crippen molar-refractivity contribution in [2.24, 2.45) is 5.92 Å². The maximum atomic E-state index is 13.9. The second-order valence-corrected chi connectivity index (χ2v) is 9.39. The van der Waals surface area contributed by atoms with Crippen molar-refractivity contribution >= 4 is 22.6 Å². The predicted octanol–water partition coefficient (Wildman–Crippen LogP) is 3.53. The first-order chi connectivity index (χ1) is 16.3. The summed E-state index contributed by atoms with van der Waals surface area (Å²) < 4.78 is 19.7. The van der Waals surface area contributed by atoms with Crippen LogP contribution in [0.1, 0.15) is 25.0 Å². The lowest BCUT2D eigenvalue weighted by molar-refractivity contribution is -0.140. The summed E-state index contributed by atoms with van der Waals surface area (Å²) in [5.41, 5.74) is 0.351. The van der Waals surface area contributed by atoms with Crippen LogP contribution in [-0.4, -0.2) is 53.5 Å². The van der Waals surface area contributed by atoms with E-state index in [1.807, 2.05) is 12.3 Å². The summed E-state index contributed by atoms with van der Waals surface area (Å²) in [7, 11) is 0. The lowest BCUT2D eigenvalue weighted by Gasteiger charge is -2.33. The minimum atomic E-state index is -1.12. The fraction of sp³-hybridized carbons (Fsp3) is 0.370. The van der Waals surface area contributed by atoms with Gasteiger partial charge in [-0.15, -0.1) is 0 Å². The molecule has 0 unspecified atom stereocenters. The molecule has 1 aliphatic heterocycles. The highest BCUT2D eigenvalue weighted by molar-refractivity contribution is 5.91. The average Bonchev–Trinajstić information content (AvgIpc) is 3.05. The molecule has 2 amide bonds. The van der Waals surface area contributed by atoms with Crippen LogP contribution < -0.4 is 5.32 Å². The van der Waals surface area contributed by atoms with Crippen molar-refractivity contribution in [3.05, 3.63) is 77.9 Å². The van der Waals surface area contributed by atoms with Gasteiger partial charge in [-0.1, -0.05) is 30.3 Å². The highest BCUT2D eigenvalue weighted by Gasteiger charge is 2.35. The van der Waals surface area contributed by atoms with Gasteiger partial charge in [0.2, 0.25) is 11.8 Å². The minimum Gasteiger partial charge on any atom is -0.379 e. The first kappa shape index (κ1) is 23.8. The van der Waals surface area contributed by atoms with Crippen molar-refractivity contribution in [3.8, 4) is 0 Å². The lowest BCUT2D eigenvalue weighted by atomic mass is 9.96. The number of aromatic nitrogens is 1. The number of benzene rings is 2. The van der Waals surface area contributed by atoms with Gasteiger partial charge in [0.05, 0.1) is 19.6 Å². The maximum Gasteiger partial charge on any atom is 0.247 e. The molecule has 3 aromatic rings. The Kier molecular flexibility index (Phi) is 7.22.